The molecule has 1 aliphatic heterocycles. The van der Waals surface area contributed by atoms with E-state index in [0.29, 0.717) is 17.7 Å². The van der Waals surface area contributed by atoms with Gasteiger partial charge in [-0.2, -0.15) is 0 Å². The normalized spacial score (nSPS) is 26.0. The molecule has 0 aliphatic carbocycles. The van der Waals surface area contributed by atoms with Gasteiger partial charge in [0.15, 0.2) is 0 Å². The zero-order valence-electron chi connectivity index (χ0n) is 10.5. The fourth-order valence-corrected chi connectivity index (χ4v) is 2.22. The molecule has 2 aromatic rings. The molecule has 20 heavy (non-hydrogen) atoms. The maximum absolute atomic E-state index is 11.7. The number of hydrogen-bond acceptors (Lipinski definition) is 6. The SMILES string of the molecule is O=c1[nH]cncc1-c1cn([C@H]2C[C@@H](O)[C@@H](CO)O2)cn1. The lowest BCUT2D eigenvalue weighted by molar-refractivity contribution is -0.0443. The van der Waals surface area contributed by atoms with Gasteiger partial charge in [0.2, 0.25) is 0 Å². The van der Waals surface area contributed by atoms with E-state index < -0.39 is 18.4 Å². The molecule has 2 aromatic heterocycles. The Bertz CT molecular complexity index is 653. The number of aliphatic hydroxyl groups is 2. The Hall–Kier alpha value is -2.03. The van der Waals surface area contributed by atoms with Crippen molar-refractivity contribution in [3.05, 3.63) is 35.4 Å². The van der Waals surface area contributed by atoms with Crippen LogP contribution in [-0.4, -0.2) is 48.5 Å². The minimum Gasteiger partial charge on any atom is -0.394 e. The van der Waals surface area contributed by atoms with Crippen LogP contribution in [-0.2, 0) is 4.74 Å². The van der Waals surface area contributed by atoms with Crippen LogP contribution in [0.4, 0.5) is 0 Å². The first kappa shape index (κ1) is 13.0. The standard InChI is InChI=1S/C12H14N4O4/c17-4-10-9(18)1-11(20-10)16-3-8(15-6-16)7-2-13-5-14-12(7)19/h2-3,5-6,9-11,17-18H,1,4H2,(H,13,14,19)/t9-,10-,11-/m1/s1. The van der Waals surface area contributed by atoms with Crippen LogP contribution in [0.2, 0.25) is 0 Å². The fourth-order valence-electron chi connectivity index (χ4n) is 2.22. The Balaban J connectivity index is 1.85. The minimum absolute atomic E-state index is 0.235. The Labute approximate surface area is 113 Å². The first-order valence-electron chi connectivity index (χ1n) is 6.20. The maximum atomic E-state index is 11.7. The summed E-state index contributed by atoms with van der Waals surface area (Å²) in [7, 11) is 0. The first-order valence-corrected chi connectivity index (χ1v) is 6.20. The molecule has 3 atom stereocenters. The number of nitrogens with one attached hydrogen (secondary N) is 1. The van der Waals surface area contributed by atoms with E-state index in [0.717, 1.165) is 0 Å². The summed E-state index contributed by atoms with van der Waals surface area (Å²) in [5, 5.41) is 18.8. The van der Waals surface area contributed by atoms with Gasteiger partial charge >= 0.3 is 0 Å². The highest BCUT2D eigenvalue weighted by Crippen LogP contribution is 2.29. The lowest BCUT2D eigenvalue weighted by atomic mass is 10.2. The molecule has 0 bridgehead atoms. The van der Waals surface area contributed by atoms with E-state index >= 15 is 0 Å². The molecular weight excluding hydrogens is 264 g/mol. The zero-order valence-corrected chi connectivity index (χ0v) is 10.5. The molecule has 0 amide bonds. The van der Waals surface area contributed by atoms with Crippen molar-refractivity contribution in [2.24, 2.45) is 0 Å². The number of aromatic amines is 1. The average Bonchev–Trinajstić information content (AvgIpc) is 3.05. The van der Waals surface area contributed by atoms with Gasteiger partial charge in [0.1, 0.15) is 12.3 Å². The van der Waals surface area contributed by atoms with Crippen LogP contribution in [0.15, 0.2) is 29.8 Å². The number of aromatic nitrogens is 4. The number of imidazole rings is 1. The van der Waals surface area contributed by atoms with Crippen LogP contribution in [0.25, 0.3) is 11.3 Å². The van der Waals surface area contributed by atoms with E-state index in [2.05, 4.69) is 15.0 Å². The predicted molar refractivity (Wildman–Crippen MR) is 67.7 cm³/mol. The third-order valence-electron chi connectivity index (χ3n) is 3.31. The third-order valence-corrected chi connectivity index (χ3v) is 3.31. The van der Waals surface area contributed by atoms with Gasteiger partial charge < -0.3 is 24.5 Å². The fraction of sp³-hybridized carbons (Fsp3) is 0.417. The van der Waals surface area contributed by atoms with Crippen molar-refractivity contribution in [2.45, 2.75) is 24.9 Å². The summed E-state index contributed by atoms with van der Waals surface area (Å²) in [5.41, 5.74) is 0.569. The summed E-state index contributed by atoms with van der Waals surface area (Å²) in [6, 6.07) is 0. The quantitative estimate of drug-likeness (QED) is 0.682. The molecule has 0 aromatic carbocycles. The zero-order chi connectivity index (χ0) is 14.1. The maximum Gasteiger partial charge on any atom is 0.260 e. The summed E-state index contributed by atoms with van der Waals surface area (Å²) in [4.78, 5) is 22.1. The second-order valence-electron chi connectivity index (χ2n) is 4.62. The Morgan fingerprint density at radius 3 is 3.10 bits per heavy atom. The summed E-state index contributed by atoms with van der Waals surface area (Å²) >= 11 is 0. The van der Waals surface area contributed by atoms with E-state index in [-0.39, 0.29) is 12.2 Å². The number of ether oxygens (including phenoxy) is 1. The van der Waals surface area contributed by atoms with Crippen LogP contribution in [0.1, 0.15) is 12.6 Å². The molecule has 8 heteroatoms. The molecule has 1 aliphatic rings. The highest BCUT2D eigenvalue weighted by Gasteiger charge is 2.34. The van der Waals surface area contributed by atoms with Crippen molar-refractivity contribution in [3.63, 3.8) is 0 Å². The highest BCUT2D eigenvalue weighted by atomic mass is 16.5. The molecule has 0 unspecified atom stereocenters. The van der Waals surface area contributed by atoms with Gasteiger partial charge in [0.25, 0.3) is 5.56 Å². The van der Waals surface area contributed by atoms with Gasteiger partial charge in [-0.05, 0) is 0 Å². The molecule has 3 heterocycles. The molecule has 1 fully saturated rings. The molecule has 106 valence electrons. The predicted octanol–water partition coefficient (Wildman–Crippen LogP) is -0.726. The van der Waals surface area contributed by atoms with Gasteiger partial charge in [-0.25, -0.2) is 9.97 Å². The highest BCUT2D eigenvalue weighted by molar-refractivity contribution is 5.55. The van der Waals surface area contributed by atoms with Gasteiger partial charge in [0.05, 0.1) is 36.6 Å². The topological polar surface area (TPSA) is 113 Å². The molecule has 3 rings (SSSR count). The summed E-state index contributed by atoms with van der Waals surface area (Å²) in [5.74, 6) is 0. The van der Waals surface area contributed by atoms with Crippen LogP contribution in [0.3, 0.4) is 0 Å². The van der Waals surface area contributed by atoms with E-state index in [1.807, 2.05) is 0 Å². The molecule has 0 radical (unpaired) electrons. The Kier molecular flexibility index (Phi) is 3.35. The summed E-state index contributed by atoms with van der Waals surface area (Å²) < 4.78 is 7.18. The number of aliphatic hydroxyl groups excluding tert-OH is 2. The largest absolute Gasteiger partial charge is 0.394 e. The Morgan fingerprint density at radius 2 is 2.40 bits per heavy atom. The van der Waals surface area contributed by atoms with Gasteiger partial charge in [0, 0.05) is 18.8 Å². The lowest BCUT2D eigenvalue weighted by Gasteiger charge is -2.12. The van der Waals surface area contributed by atoms with Crippen molar-refractivity contribution < 1.29 is 14.9 Å². The third kappa shape index (κ3) is 2.24. The molecule has 0 saturated carbocycles. The van der Waals surface area contributed by atoms with E-state index in [9.17, 15) is 9.90 Å². The van der Waals surface area contributed by atoms with Crippen LogP contribution >= 0.6 is 0 Å². The number of hydrogen-bond donors (Lipinski definition) is 3. The second kappa shape index (κ2) is 5.16. The van der Waals surface area contributed by atoms with Crippen LogP contribution < -0.4 is 5.56 Å². The lowest BCUT2D eigenvalue weighted by Crippen LogP contribution is -2.24. The van der Waals surface area contributed by atoms with Crippen molar-refractivity contribution in [3.8, 4) is 11.3 Å². The molecule has 3 N–H and O–H groups in total. The number of rotatable bonds is 3. The average molecular weight is 278 g/mol. The smallest absolute Gasteiger partial charge is 0.260 e. The Morgan fingerprint density at radius 1 is 1.55 bits per heavy atom. The monoisotopic (exact) mass is 278 g/mol. The molecule has 8 nitrogen and oxygen atoms in total. The van der Waals surface area contributed by atoms with Gasteiger partial charge in [-0.1, -0.05) is 0 Å². The molecule has 0 spiro atoms. The summed E-state index contributed by atoms with van der Waals surface area (Å²) in [6.07, 6.45) is 4.59. The van der Waals surface area contributed by atoms with Crippen LogP contribution in [0.5, 0.6) is 0 Å². The molecular formula is C12H14N4O4. The van der Waals surface area contributed by atoms with E-state index in [1.165, 1.54) is 18.9 Å². The van der Waals surface area contributed by atoms with Crippen molar-refractivity contribution >= 4 is 0 Å². The number of H-pyrrole nitrogens is 1. The van der Waals surface area contributed by atoms with Gasteiger partial charge in [-0.3, -0.25) is 4.79 Å². The van der Waals surface area contributed by atoms with Crippen molar-refractivity contribution in [2.75, 3.05) is 6.61 Å². The minimum atomic E-state index is -0.711. The van der Waals surface area contributed by atoms with E-state index in [4.69, 9.17) is 9.84 Å². The van der Waals surface area contributed by atoms with Gasteiger partial charge in [-0.15, -0.1) is 0 Å². The van der Waals surface area contributed by atoms with E-state index in [1.54, 1.807) is 10.8 Å². The summed E-state index contributed by atoms with van der Waals surface area (Å²) in [6.45, 7) is -0.235. The van der Waals surface area contributed by atoms with Crippen LogP contribution in [0, 0.1) is 0 Å². The second-order valence-corrected chi connectivity index (χ2v) is 4.62. The molecule has 1 saturated heterocycles. The number of nitrogens with zero attached hydrogens (tertiary/aromatic N) is 3. The van der Waals surface area contributed by atoms with Crippen molar-refractivity contribution in [1.82, 2.24) is 19.5 Å². The first-order chi connectivity index (χ1) is 9.69. The van der Waals surface area contributed by atoms with Crippen molar-refractivity contribution in [1.29, 1.82) is 0 Å².